The van der Waals surface area contributed by atoms with Crippen molar-refractivity contribution in [1.82, 2.24) is 14.5 Å². The first-order valence-electron chi connectivity index (χ1n) is 10.3. The van der Waals surface area contributed by atoms with Crippen LogP contribution in [0.1, 0.15) is 18.4 Å². The van der Waals surface area contributed by atoms with Gasteiger partial charge in [-0.25, -0.2) is 4.98 Å². The number of carbonyl (C=O) groups is 2. The van der Waals surface area contributed by atoms with Crippen molar-refractivity contribution in [3.8, 4) is 0 Å². The Morgan fingerprint density at radius 3 is 2.67 bits per heavy atom. The largest absolute Gasteiger partial charge is 0.369 e. The van der Waals surface area contributed by atoms with Gasteiger partial charge in [0.1, 0.15) is 0 Å². The van der Waals surface area contributed by atoms with E-state index in [4.69, 9.17) is 10.7 Å². The molecule has 2 amide bonds. The minimum Gasteiger partial charge on any atom is -0.369 e. The van der Waals surface area contributed by atoms with E-state index in [0.29, 0.717) is 18.8 Å². The van der Waals surface area contributed by atoms with E-state index in [2.05, 4.69) is 22.8 Å². The molecule has 1 aliphatic heterocycles. The molecule has 0 aliphatic carbocycles. The number of nitrogens with zero attached hydrogens (tertiary/aromatic N) is 3. The Bertz CT molecular complexity index is 1030. The Morgan fingerprint density at radius 1 is 1.10 bits per heavy atom. The number of aromatic nitrogens is 2. The summed E-state index contributed by atoms with van der Waals surface area (Å²) >= 11 is 1.46. The van der Waals surface area contributed by atoms with E-state index < -0.39 is 0 Å². The van der Waals surface area contributed by atoms with Crippen molar-refractivity contribution in [2.24, 2.45) is 11.7 Å². The normalized spacial score (nSPS) is 16.7. The van der Waals surface area contributed by atoms with Crippen molar-refractivity contribution in [3.63, 3.8) is 0 Å². The fraction of sp³-hybridized carbons (Fsp3) is 0.348. The van der Waals surface area contributed by atoms with Crippen LogP contribution in [0.15, 0.2) is 59.8 Å². The molecule has 2 N–H and O–H groups in total. The topological polar surface area (TPSA) is 81.2 Å². The molecule has 1 saturated heterocycles. The minimum absolute atomic E-state index is 0.0348. The Hall–Kier alpha value is -2.80. The predicted molar refractivity (Wildman–Crippen MR) is 119 cm³/mol. The number of likely N-dealkylation sites (tertiary alicyclic amines) is 1. The summed E-state index contributed by atoms with van der Waals surface area (Å²) in [6.45, 7) is 1.92. The van der Waals surface area contributed by atoms with E-state index in [0.717, 1.165) is 42.0 Å². The van der Waals surface area contributed by atoms with Crippen molar-refractivity contribution in [2.45, 2.75) is 31.0 Å². The van der Waals surface area contributed by atoms with Gasteiger partial charge in [0.15, 0.2) is 5.16 Å². The number of piperidine rings is 1. The van der Waals surface area contributed by atoms with Crippen molar-refractivity contribution >= 4 is 34.6 Å². The molecule has 0 bridgehead atoms. The number of aryl methyl sites for hydroxylation is 2. The number of para-hydroxylation sites is 2. The molecule has 3 aromatic rings. The van der Waals surface area contributed by atoms with Crippen LogP contribution in [0.3, 0.4) is 0 Å². The van der Waals surface area contributed by atoms with E-state index in [1.54, 1.807) is 4.90 Å². The van der Waals surface area contributed by atoms with Crippen LogP contribution in [0.2, 0.25) is 0 Å². The van der Waals surface area contributed by atoms with Gasteiger partial charge in [0.2, 0.25) is 11.8 Å². The number of benzene rings is 2. The molecule has 0 saturated carbocycles. The quantitative estimate of drug-likeness (QED) is 0.593. The summed E-state index contributed by atoms with van der Waals surface area (Å²) in [5.74, 6) is -0.209. The average molecular weight is 423 g/mol. The molecule has 4 rings (SSSR count). The summed E-state index contributed by atoms with van der Waals surface area (Å²) in [6, 6.07) is 18.4. The molecule has 30 heavy (non-hydrogen) atoms. The first-order chi connectivity index (χ1) is 14.6. The molecule has 156 valence electrons. The van der Waals surface area contributed by atoms with Gasteiger partial charge in [0.05, 0.1) is 22.7 Å². The minimum atomic E-state index is -0.317. The lowest BCUT2D eigenvalue weighted by Gasteiger charge is -2.31. The molecule has 2 aromatic carbocycles. The van der Waals surface area contributed by atoms with Crippen LogP contribution >= 0.6 is 11.8 Å². The third-order valence-corrected chi connectivity index (χ3v) is 6.55. The van der Waals surface area contributed by atoms with Gasteiger partial charge < -0.3 is 15.2 Å². The van der Waals surface area contributed by atoms with Crippen LogP contribution in [0.4, 0.5) is 0 Å². The van der Waals surface area contributed by atoms with Gasteiger partial charge in [0, 0.05) is 19.6 Å². The Morgan fingerprint density at radius 2 is 1.87 bits per heavy atom. The van der Waals surface area contributed by atoms with Gasteiger partial charge in [0.25, 0.3) is 0 Å². The van der Waals surface area contributed by atoms with Gasteiger partial charge >= 0.3 is 0 Å². The molecule has 7 heteroatoms. The molecule has 1 fully saturated rings. The second-order valence-corrected chi connectivity index (χ2v) is 8.58. The molecule has 1 atom stereocenters. The molecule has 6 nitrogen and oxygen atoms in total. The van der Waals surface area contributed by atoms with Gasteiger partial charge in [-0.05, 0) is 37.0 Å². The fourth-order valence-electron chi connectivity index (χ4n) is 3.92. The van der Waals surface area contributed by atoms with Crippen LogP contribution in [-0.4, -0.2) is 45.1 Å². The number of imidazole rings is 1. The summed E-state index contributed by atoms with van der Waals surface area (Å²) < 4.78 is 2.20. The summed E-state index contributed by atoms with van der Waals surface area (Å²) in [5, 5.41) is 0.851. The lowest BCUT2D eigenvalue weighted by atomic mass is 9.97. The predicted octanol–water partition coefficient (Wildman–Crippen LogP) is 3.10. The monoisotopic (exact) mass is 422 g/mol. The molecule has 0 radical (unpaired) electrons. The number of rotatable bonds is 7. The molecule has 1 unspecified atom stereocenters. The summed E-state index contributed by atoms with van der Waals surface area (Å²) in [7, 11) is 0. The van der Waals surface area contributed by atoms with Crippen LogP contribution in [0.25, 0.3) is 11.0 Å². The molecule has 1 aliphatic rings. The summed E-state index contributed by atoms with van der Waals surface area (Å²) in [4.78, 5) is 30.8. The number of hydrogen-bond acceptors (Lipinski definition) is 4. The highest BCUT2D eigenvalue weighted by molar-refractivity contribution is 7.99. The Kier molecular flexibility index (Phi) is 6.38. The van der Waals surface area contributed by atoms with Gasteiger partial charge in [-0.15, -0.1) is 0 Å². The van der Waals surface area contributed by atoms with Crippen LogP contribution < -0.4 is 5.73 Å². The van der Waals surface area contributed by atoms with Crippen molar-refractivity contribution in [3.05, 3.63) is 60.2 Å². The zero-order valence-corrected chi connectivity index (χ0v) is 17.7. The maximum Gasteiger partial charge on any atom is 0.233 e. The van der Waals surface area contributed by atoms with E-state index in [1.807, 2.05) is 36.4 Å². The number of nitrogens with two attached hydrogens (primary N) is 1. The van der Waals surface area contributed by atoms with Crippen molar-refractivity contribution < 1.29 is 9.59 Å². The van der Waals surface area contributed by atoms with Crippen LogP contribution in [0.5, 0.6) is 0 Å². The maximum atomic E-state index is 12.8. The molecule has 0 spiro atoms. The first-order valence-corrected chi connectivity index (χ1v) is 11.3. The Labute approximate surface area is 180 Å². The number of fused-ring (bicyclic) bond motifs is 1. The Balaban J connectivity index is 1.46. The zero-order chi connectivity index (χ0) is 20.9. The number of amides is 2. The highest BCUT2D eigenvalue weighted by Crippen LogP contribution is 2.26. The van der Waals surface area contributed by atoms with Crippen molar-refractivity contribution in [2.75, 3.05) is 18.8 Å². The van der Waals surface area contributed by atoms with E-state index in [1.165, 1.54) is 17.3 Å². The number of carbonyl (C=O) groups excluding carboxylic acids is 2. The lowest BCUT2D eigenvalue weighted by molar-refractivity contribution is -0.132. The highest BCUT2D eigenvalue weighted by atomic mass is 32.2. The van der Waals surface area contributed by atoms with E-state index >= 15 is 0 Å². The standard InChI is InChI=1S/C23H26N4O2S/c24-22(29)18-9-6-13-26(15-18)21(28)16-30-23-25-19-10-4-5-11-20(19)27(23)14-12-17-7-2-1-3-8-17/h1-5,7-8,10-11,18H,6,9,12-16H2,(H2,24,29). The smallest absolute Gasteiger partial charge is 0.233 e. The molecular formula is C23H26N4O2S. The lowest BCUT2D eigenvalue weighted by Crippen LogP contribution is -2.44. The number of hydrogen-bond donors (Lipinski definition) is 1. The van der Waals surface area contributed by atoms with Crippen LogP contribution in [0, 0.1) is 5.92 Å². The summed E-state index contributed by atoms with van der Waals surface area (Å²) in [6.07, 6.45) is 2.48. The van der Waals surface area contributed by atoms with Gasteiger partial charge in [-0.2, -0.15) is 0 Å². The van der Waals surface area contributed by atoms with E-state index in [9.17, 15) is 9.59 Å². The fourth-order valence-corrected chi connectivity index (χ4v) is 4.86. The van der Waals surface area contributed by atoms with Crippen LogP contribution in [-0.2, 0) is 22.6 Å². The zero-order valence-electron chi connectivity index (χ0n) is 16.9. The second-order valence-electron chi connectivity index (χ2n) is 7.64. The molecular weight excluding hydrogens is 396 g/mol. The number of thioether (sulfide) groups is 1. The second kappa shape index (κ2) is 9.34. The van der Waals surface area contributed by atoms with Gasteiger partial charge in [-0.1, -0.05) is 54.2 Å². The van der Waals surface area contributed by atoms with Gasteiger partial charge in [-0.3, -0.25) is 9.59 Å². The maximum absolute atomic E-state index is 12.8. The van der Waals surface area contributed by atoms with E-state index in [-0.39, 0.29) is 17.7 Å². The number of primary amides is 1. The third-order valence-electron chi connectivity index (χ3n) is 5.59. The SMILES string of the molecule is NC(=O)C1CCCN(C(=O)CSc2nc3ccccc3n2CCc2ccccc2)C1. The summed E-state index contributed by atoms with van der Waals surface area (Å²) in [5.41, 5.74) is 8.73. The highest BCUT2D eigenvalue weighted by Gasteiger charge is 2.27. The average Bonchev–Trinajstić information content (AvgIpc) is 3.14. The molecule has 1 aromatic heterocycles. The van der Waals surface area contributed by atoms with Crippen molar-refractivity contribution in [1.29, 1.82) is 0 Å². The third kappa shape index (κ3) is 4.67. The molecule has 2 heterocycles. The first kappa shape index (κ1) is 20.5.